The maximum atomic E-state index is 11.7. The highest BCUT2D eigenvalue weighted by Crippen LogP contribution is 2.23. The smallest absolute Gasteiger partial charge is 0.331 e. The molecule has 17 heavy (non-hydrogen) atoms. The quantitative estimate of drug-likeness (QED) is 0.771. The number of nitrogens with one attached hydrogen (secondary N) is 1. The van der Waals surface area contributed by atoms with E-state index in [2.05, 4.69) is 4.98 Å². The van der Waals surface area contributed by atoms with Crippen molar-refractivity contribution in [1.29, 1.82) is 0 Å². The van der Waals surface area contributed by atoms with E-state index in [1.54, 1.807) is 6.92 Å². The van der Waals surface area contributed by atoms with E-state index < -0.39 is 11.2 Å². The predicted molar refractivity (Wildman–Crippen MR) is 61.5 cm³/mol. The standard InChI is InChI=1S/C11H16N2O4/c1-2-8-9(14)12-11(16)13(10(8)15)7-4-3-5-17-6-7/h7,15H,2-6H2,1H3,(H,12,14,16). The molecule has 1 aliphatic heterocycles. The summed E-state index contributed by atoms with van der Waals surface area (Å²) in [6.07, 6.45) is 1.99. The predicted octanol–water partition coefficient (Wildman–Crippen LogP) is 0.156. The molecule has 0 saturated carbocycles. The average molecular weight is 240 g/mol. The van der Waals surface area contributed by atoms with Gasteiger partial charge in [0.2, 0.25) is 5.88 Å². The van der Waals surface area contributed by atoms with Crippen molar-refractivity contribution in [2.45, 2.75) is 32.2 Å². The van der Waals surface area contributed by atoms with Crippen molar-refractivity contribution < 1.29 is 9.84 Å². The lowest BCUT2D eigenvalue weighted by Gasteiger charge is -2.25. The van der Waals surface area contributed by atoms with Gasteiger partial charge in [-0.2, -0.15) is 0 Å². The summed E-state index contributed by atoms with van der Waals surface area (Å²) < 4.78 is 6.52. The van der Waals surface area contributed by atoms with Gasteiger partial charge in [0.25, 0.3) is 5.56 Å². The van der Waals surface area contributed by atoms with Gasteiger partial charge in [-0.1, -0.05) is 6.92 Å². The van der Waals surface area contributed by atoms with Crippen molar-refractivity contribution in [2.24, 2.45) is 0 Å². The van der Waals surface area contributed by atoms with E-state index in [0.717, 1.165) is 12.8 Å². The lowest BCUT2D eigenvalue weighted by molar-refractivity contribution is 0.0544. The van der Waals surface area contributed by atoms with Crippen LogP contribution in [0.15, 0.2) is 9.59 Å². The third-order valence-corrected chi connectivity index (χ3v) is 3.07. The average Bonchev–Trinajstić information content (AvgIpc) is 2.30. The number of ether oxygens (including phenoxy) is 1. The Balaban J connectivity index is 2.52. The van der Waals surface area contributed by atoms with Crippen LogP contribution in [0.5, 0.6) is 5.88 Å². The fourth-order valence-corrected chi connectivity index (χ4v) is 2.16. The monoisotopic (exact) mass is 240 g/mol. The highest BCUT2D eigenvalue weighted by Gasteiger charge is 2.22. The molecule has 2 heterocycles. The van der Waals surface area contributed by atoms with Crippen LogP contribution < -0.4 is 11.2 Å². The molecule has 2 N–H and O–H groups in total. The molecule has 1 aliphatic rings. The van der Waals surface area contributed by atoms with Crippen LogP contribution in [0, 0.1) is 0 Å². The summed E-state index contributed by atoms with van der Waals surface area (Å²) in [6.45, 7) is 2.83. The first-order valence-electron chi connectivity index (χ1n) is 5.79. The number of aromatic amines is 1. The molecule has 1 atom stereocenters. The Morgan fingerprint density at radius 2 is 2.29 bits per heavy atom. The molecular formula is C11H16N2O4. The molecule has 0 amide bonds. The fourth-order valence-electron chi connectivity index (χ4n) is 2.16. The lowest BCUT2D eigenvalue weighted by Crippen LogP contribution is -2.37. The molecule has 0 bridgehead atoms. The zero-order valence-electron chi connectivity index (χ0n) is 9.73. The van der Waals surface area contributed by atoms with Crippen LogP contribution in [-0.2, 0) is 11.2 Å². The van der Waals surface area contributed by atoms with Gasteiger partial charge in [-0.15, -0.1) is 0 Å². The number of aromatic nitrogens is 2. The molecule has 0 spiro atoms. The molecule has 2 rings (SSSR count). The minimum absolute atomic E-state index is 0.196. The molecule has 1 aromatic rings. The number of rotatable bonds is 2. The van der Waals surface area contributed by atoms with E-state index in [1.165, 1.54) is 4.57 Å². The number of H-pyrrole nitrogens is 1. The van der Waals surface area contributed by atoms with Gasteiger partial charge in [0, 0.05) is 6.61 Å². The van der Waals surface area contributed by atoms with E-state index in [9.17, 15) is 14.7 Å². The third-order valence-electron chi connectivity index (χ3n) is 3.07. The third kappa shape index (κ3) is 2.12. The first kappa shape index (κ1) is 11.9. The molecular weight excluding hydrogens is 224 g/mol. The maximum absolute atomic E-state index is 11.7. The summed E-state index contributed by atoms with van der Waals surface area (Å²) in [5.74, 6) is -0.225. The highest BCUT2D eigenvalue weighted by molar-refractivity contribution is 5.23. The molecule has 1 fully saturated rings. The molecule has 0 aromatic carbocycles. The molecule has 0 aliphatic carbocycles. The minimum Gasteiger partial charge on any atom is -0.494 e. The molecule has 6 nitrogen and oxygen atoms in total. The van der Waals surface area contributed by atoms with Gasteiger partial charge in [-0.3, -0.25) is 14.3 Å². The summed E-state index contributed by atoms with van der Waals surface area (Å²) in [5.41, 5.74) is -0.835. The Morgan fingerprint density at radius 3 is 2.88 bits per heavy atom. The summed E-state index contributed by atoms with van der Waals surface area (Å²) >= 11 is 0. The normalized spacial score (nSPS) is 20.4. The van der Waals surface area contributed by atoms with Gasteiger partial charge in [0.1, 0.15) is 0 Å². The number of nitrogens with zero attached hydrogens (tertiary/aromatic N) is 1. The topological polar surface area (TPSA) is 84.3 Å². The van der Waals surface area contributed by atoms with Crippen LogP contribution in [0.2, 0.25) is 0 Å². The Morgan fingerprint density at radius 1 is 1.53 bits per heavy atom. The Bertz CT molecular complexity index is 511. The summed E-state index contributed by atoms with van der Waals surface area (Å²) in [7, 11) is 0. The maximum Gasteiger partial charge on any atom is 0.331 e. The second kappa shape index (κ2) is 4.75. The van der Waals surface area contributed by atoms with Gasteiger partial charge < -0.3 is 9.84 Å². The van der Waals surface area contributed by atoms with Crippen LogP contribution in [0.1, 0.15) is 31.4 Å². The van der Waals surface area contributed by atoms with E-state index in [4.69, 9.17) is 4.74 Å². The van der Waals surface area contributed by atoms with E-state index in [1.807, 2.05) is 0 Å². The Labute approximate surface area is 97.9 Å². The van der Waals surface area contributed by atoms with Gasteiger partial charge in [-0.05, 0) is 19.3 Å². The minimum atomic E-state index is -0.569. The molecule has 0 radical (unpaired) electrons. The number of hydrogen-bond donors (Lipinski definition) is 2. The van der Waals surface area contributed by atoms with Crippen molar-refractivity contribution in [3.8, 4) is 5.88 Å². The lowest BCUT2D eigenvalue weighted by atomic mass is 10.1. The fraction of sp³-hybridized carbons (Fsp3) is 0.636. The van der Waals surface area contributed by atoms with Crippen molar-refractivity contribution in [3.05, 3.63) is 26.4 Å². The molecule has 1 aromatic heterocycles. The van der Waals surface area contributed by atoms with Gasteiger partial charge >= 0.3 is 5.69 Å². The van der Waals surface area contributed by atoms with Gasteiger partial charge in [0.05, 0.1) is 18.2 Å². The summed E-state index contributed by atoms with van der Waals surface area (Å²) in [6, 6.07) is -0.196. The number of aromatic hydroxyl groups is 1. The molecule has 1 unspecified atom stereocenters. The first-order chi connectivity index (χ1) is 8.15. The van der Waals surface area contributed by atoms with Gasteiger partial charge in [-0.25, -0.2) is 4.79 Å². The second-order valence-corrected chi connectivity index (χ2v) is 4.16. The zero-order chi connectivity index (χ0) is 12.4. The largest absolute Gasteiger partial charge is 0.494 e. The Hall–Kier alpha value is -1.56. The van der Waals surface area contributed by atoms with E-state index >= 15 is 0 Å². The highest BCUT2D eigenvalue weighted by atomic mass is 16.5. The zero-order valence-corrected chi connectivity index (χ0v) is 9.73. The van der Waals surface area contributed by atoms with Crippen molar-refractivity contribution in [3.63, 3.8) is 0 Å². The molecule has 6 heteroatoms. The first-order valence-corrected chi connectivity index (χ1v) is 5.79. The second-order valence-electron chi connectivity index (χ2n) is 4.16. The van der Waals surface area contributed by atoms with E-state index in [0.29, 0.717) is 19.6 Å². The van der Waals surface area contributed by atoms with Crippen LogP contribution in [0.25, 0.3) is 0 Å². The van der Waals surface area contributed by atoms with Crippen LogP contribution in [-0.4, -0.2) is 27.9 Å². The molecule has 1 saturated heterocycles. The summed E-state index contributed by atoms with van der Waals surface area (Å²) in [4.78, 5) is 25.4. The van der Waals surface area contributed by atoms with Gasteiger partial charge in [0.15, 0.2) is 0 Å². The van der Waals surface area contributed by atoms with Crippen molar-refractivity contribution in [2.75, 3.05) is 13.2 Å². The number of hydrogen-bond acceptors (Lipinski definition) is 4. The van der Waals surface area contributed by atoms with Crippen LogP contribution in [0.3, 0.4) is 0 Å². The molecule has 94 valence electrons. The Kier molecular flexibility index (Phi) is 3.33. The summed E-state index contributed by atoms with van der Waals surface area (Å²) in [5, 5.41) is 9.99. The van der Waals surface area contributed by atoms with Crippen LogP contribution in [0.4, 0.5) is 0 Å². The van der Waals surface area contributed by atoms with Crippen LogP contribution >= 0.6 is 0 Å². The SMILES string of the molecule is CCc1c(O)n(C2CCCOC2)c(=O)[nH]c1=O. The van der Waals surface area contributed by atoms with Crippen molar-refractivity contribution >= 4 is 0 Å². The van der Waals surface area contributed by atoms with Crippen molar-refractivity contribution in [1.82, 2.24) is 9.55 Å². The van der Waals surface area contributed by atoms with E-state index in [-0.39, 0.29) is 17.5 Å².